The van der Waals surface area contributed by atoms with E-state index in [1.165, 1.54) is 16.1 Å². The standard InChI is InChI=1S/C21H23N3O3S4/c1-2-15-6-3-4-8-19(15)31(26,27)24-14-28-13-17(24)20(25)22-10-9-16-12-30-21(23-16)18-7-5-11-29-18/h3-8,11-12,17H,2,9-10,13-14H2,1H3,(H,22,25). The average molecular weight is 494 g/mol. The number of sulfonamides is 1. The summed E-state index contributed by atoms with van der Waals surface area (Å²) >= 11 is 4.71. The molecule has 1 saturated heterocycles. The number of thioether (sulfide) groups is 1. The number of aryl methyl sites for hydroxylation is 1. The topological polar surface area (TPSA) is 79.4 Å². The van der Waals surface area contributed by atoms with E-state index in [0.717, 1.165) is 21.1 Å². The zero-order chi connectivity index (χ0) is 21.8. The lowest BCUT2D eigenvalue weighted by Crippen LogP contribution is -2.47. The summed E-state index contributed by atoms with van der Waals surface area (Å²) in [6.45, 7) is 2.35. The molecule has 1 atom stereocenters. The van der Waals surface area contributed by atoms with E-state index in [9.17, 15) is 13.2 Å². The number of carbonyl (C=O) groups is 1. The van der Waals surface area contributed by atoms with Gasteiger partial charge >= 0.3 is 0 Å². The number of aromatic nitrogens is 1. The fourth-order valence-electron chi connectivity index (χ4n) is 3.41. The van der Waals surface area contributed by atoms with Crippen molar-refractivity contribution < 1.29 is 13.2 Å². The highest BCUT2D eigenvalue weighted by Crippen LogP contribution is 2.30. The molecule has 0 bridgehead atoms. The molecule has 6 nitrogen and oxygen atoms in total. The molecule has 31 heavy (non-hydrogen) atoms. The molecule has 1 amide bonds. The van der Waals surface area contributed by atoms with Gasteiger partial charge in [-0.05, 0) is 29.5 Å². The molecule has 1 aliphatic rings. The Morgan fingerprint density at radius 1 is 1.23 bits per heavy atom. The Balaban J connectivity index is 1.39. The fourth-order valence-corrected chi connectivity index (χ4v) is 8.52. The largest absolute Gasteiger partial charge is 0.354 e. The van der Waals surface area contributed by atoms with Crippen molar-refractivity contribution in [3.63, 3.8) is 0 Å². The maximum atomic E-state index is 13.3. The van der Waals surface area contributed by atoms with Crippen molar-refractivity contribution in [3.8, 4) is 9.88 Å². The van der Waals surface area contributed by atoms with Gasteiger partial charge in [-0.1, -0.05) is 31.2 Å². The predicted octanol–water partition coefficient (Wildman–Crippen LogP) is 3.86. The Morgan fingerprint density at radius 3 is 2.84 bits per heavy atom. The third kappa shape index (κ3) is 4.88. The molecule has 1 aromatic carbocycles. The molecule has 2 aromatic heterocycles. The van der Waals surface area contributed by atoms with E-state index in [1.807, 2.05) is 41.9 Å². The van der Waals surface area contributed by atoms with Crippen LogP contribution in [0.1, 0.15) is 18.2 Å². The number of nitrogens with one attached hydrogen (secondary N) is 1. The van der Waals surface area contributed by atoms with Crippen LogP contribution in [0.15, 0.2) is 52.1 Å². The van der Waals surface area contributed by atoms with Crippen LogP contribution in [-0.4, -0.2) is 47.8 Å². The first-order valence-electron chi connectivity index (χ1n) is 9.94. The lowest BCUT2D eigenvalue weighted by Gasteiger charge is -2.23. The average Bonchev–Trinajstić information content (AvgIpc) is 3.54. The number of thiophene rings is 1. The van der Waals surface area contributed by atoms with Crippen LogP contribution in [-0.2, 0) is 27.7 Å². The van der Waals surface area contributed by atoms with Crippen LogP contribution in [0.3, 0.4) is 0 Å². The Labute approximate surface area is 194 Å². The van der Waals surface area contributed by atoms with Crippen molar-refractivity contribution in [3.05, 3.63) is 58.4 Å². The predicted molar refractivity (Wildman–Crippen MR) is 128 cm³/mol. The van der Waals surface area contributed by atoms with Crippen LogP contribution in [0.25, 0.3) is 9.88 Å². The normalized spacial score (nSPS) is 17.1. The lowest BCUT2D eigenvalue weighted by atomic mass is 10.2. The van der Waals surface area contributed by atoms with Crippen molar-refractivity contribution in [2.24, 2.45) is 0 Å². The summed E-state index contributed by atoms with van der Waals surface area (Å²) in [5, 5.41) is 7.92. The van der Waals surface area contributed by atoms with Gasteiger partial charge in [-0.25, -0.2) is 13.4 Å². The number of carbonyl (C=O) groups excluding carboxylic acids is 1. The first kappa shape index (κ1) is 22.5. The van der Waals surface area contributed by atoms with Gasteiger partial charge in [0.15, 0.2) is 0 Å². The molecule has 1 N–H and O–H groups in total. The van der Waals surface area contributed by atoms with Gasteiger partial charge in [-0.3, -0.25) is 4.79 Å². The third-order valence-corrected chi connectivity index (χ3v) is 10.1. The summed E-state index contributed by atoms with van der Waals surface area (Å²) < 4.78 is 27.9. The number of hydrogen-bond donors (Lipinski definition) is 1. The molecule has 10 heteroatoms. The highest BCUT2D eigenvalue weighted by molar-refractivity contribution is 8.00. The van der Waals surface area contributed by atoms with E-state index >= 15 is 0 Å². The minimum atomic E-state index is -3.73. The second-order valence-electron chi connectivity index (χ2n) is 7.03. The molecule has 1 fully saturated rings. The molecule has 0 radical (unpaired) electrons. The van der Waals surface area contributed by atoms with E-state index in [1.54, 1.807) is 34.8 Å². The number of hydrogen-bond acceptors (Lipinski definition) is 7. The van der Waals surface area contributed by atoms with Crippen molar-refractivity contribution in [2.75, 3.05) is 18.2 Å². The molecule has 1 aliphatic heterocycles. The molecule has 164 valence electrons. The highest BCUT2D eigenvalue weighted by Gasteiger charge is 2.40. The van der Waals surface area contributed by atoms with Gasteiger partial charge in [0.05, 0.1) is 21.3 Å². The van der Waals surface area contributed by atoms with E-state index in [0.29, 0.717) is 30.0 Å². The molecule has 1 unspecified atom stereocenters. The quantitative estimate of drug-likeness (QED) is 0.516. The van der Waals surface area contributed by atoms with Gasteiger partial charge in [0.2, 0.25) is 15.9 Å². The zero-order valence-corrected chi connectivity index (χ0v) is 20.2. The van der Waals surface area contributed by atoms with E-state index in [4.69, 9.17) is 0 Å². The first-order chi connectivity index (χ1) is 15.0. The summed E-state index contributed by atoms with van der Waals surface area (Å²) in [4.78, 5) is 18.9. The molecule has 3 heterocycles. The zero-order valence-electron chi connectivity index (χ0n) is 17.0. The van der Waals surface area contributed by atoms with Gasteiger partial charge in [0, 0.05) is 24.1 Å². The summed E-state index contributed by atoms with van der Waals surface area (Å²) in [6.07, 6.45) is 1.23. The number of thiazole rings is 1. The van der Waals surface area contributed by atoms with Crippen LogP contribution >= 0.6 is 34.4 Å². The van der Waals surface area contributed by atoms with Crippen LogP contribution < -0.4 is 5.32 Å². The number of rotatable bonds is 8. The fraction of sp³-hybridized carbons (Fsp3) is 0.333. The molecule has 3 aromatic rings. The third-order valence-electron chi connectivity index (χ3n) is 5.05. The van der Waals surface area contributed by atoms with Crippen molar-refractivity contribution in [1.29, 1.82) is 0 Å². The number of amides is 1. The Hall–Kier alpha value is -1.72. The van der Waals surface area contributed by atoms with Gasteiger partial charge in [0.1, 0.15) is 11.0 Å². The van der Waals surface area contributed by atoms with Crippen molar-refractivity contribution >= 4 is 50.4 Å². The van der Waals surface area contributed by atoms with Gasteiger partial charge in [-0.15, -0.1) is 34.4 Å². The lowest BCUT2D eigenvalue weighted by molar-refractivity contribution is -0.123. The van der Waals surface area contributed by atoms with Crippen LogP contribution in [0, 0.1) is 0 Å². The molecule has 0 saturated carbocycles. The molecule has 4 rings (SSSR count). The SMILES string of the molecule is CCc1ccccc1S(=O)(=O)N1CSCC1C(=O)NCCc1csc(-c2cccs2)n1. The van der Waals surface area contributed by atoms with Crippen LogP contribution in [0.5, 0.6) is 0 Å². The van der Waals surface area contributed by atoms with Crippen LogP contribution in [0.2, 0.25) is 0 Å². The first-order valence-corrected chi connectivity index (χ1v) is 14.3. The minimum Gasteiger partial charge on any atom is -0.354 e. The van der Waals surface area contributed by atoms with Gasteiger partial charge in [-0.2, -0.15) is 4.31 Å². The number of nitrogens with zero attached hydrogens (tertiary/aromatic N) is 2. The molecule has 0 spiro atoms. The summed E-state index contributed by atoms with van der Waals surface area (Å²) in [5.74, 6) is 0.490. The Morgan fingerprint density at radius 2 is 2.06 bits per heavy atom. The molecular formula is C21H23N3O3S4. The highest BCUT2D eigenvalue weighted by atomic mass is 32.2. The molecule has 0 aliphatic carbocycles. The minimum absolute atomic E-state index is 0.253. The maximum absolute atomic E-state index is 13.3. The smallest absolute Gasteiger partial charge is 0.244 e. The monoisotopic (exact) mass is 493 g/mol. The molecular weight excluding hydrogens is 471 g/mol. The van der Waals surface area contributed by atoms with E-state index in [-0.39, 0.29) is 11.8 Å². The summed E-state index contributed by atoms with van der Waals surface area (Å²) in [5.41, 5.74) is 1.69. The van der Waals surface area contributed by atoms with Gasteiger partial charge < -0.3 is 5.32 Å². The van der Waals surface area contributed by atoms with Crippen LogP contribution in [0.4, 0.5) is 0 Å². The summed E-state index contributed by atoms with van der Waals surface area (Å²) in [7, 11) is -3.73. The second-order valence-corrected chi connectivity index (χ2v) is 11.7. The summed E-state index contributed by atoms with van der Waals surface area (Å²) in [6, 6.07) is 10.4. The van der Waals surface area contributed by atoms with Crippen molar-refractivity contribution in [1.82, 2.24) is 14.6 Å². The Kier molecular flexibility index (Phi) is 7.12. The number of benzene rings is 1. The van der Waals surface area contributed by atoms with Gasteiger partial charge in [0.25, 0.3) is 0 Å². The second kappa shape index (κ2) is 9.83. The van der Waals surface area contributed by atoms with Crippen molar-refractivity contribution in [2.45, 2.75) is 30.7 Å². The van der Waals surface area contributed by atoms with E-state index < -0.39 is 16.1 Å². The Bertz CT molecular complexity index is 1140. The van der Waals surface area contributed by atoms with E-state index in [2.05, 4.69) is 10.3 Å². The maximum Gasteiger partial charge on any atom is 0.244 e.